The highest BCUT2D eigenvalue weighted by Crippen LogP contribution is 2.12. The van der Waals surface area contributed by atoms with Gasteiger partial charge >= 0.3 is 10.7 Å². The van der Waals surface area contributed by atoms with E-state index in [2.05, 4.69) is 27.9 Å². The topological polar surface area (TPSA) is 101 Å². The van der Waals surface area contributed by atoms with Crippen LogP contribution in [0.5, 0.6) is 0 Å². The molecule has 0 amide bonds. The third-order valence-corrected chi connectivity index (χ3v) is 4.70. The number of benzene rings is 2. The molecule has 2 aromatic carbocycles. The van der Waals surface area contributed by atoms with Gasteiger partial charge in [0.1, 0.15) is 6.04 Å². The third kappa shape index (κ3) is 7.97. The van der Waals surface area contributed by atoms with E-state index in [1.165, 1.54) is 12.1 Å². The molecule has 0 fully saturated rings. The number of carbonyl (C=O) groups is 2. The fourth-order valence-corrected chi connectivity index (χ4v) is 3.19. The molecule has 0 bridgehead atoms. The van der Waals surface area contributed by atoms with E-state index in [-0.39, 0.29) is 11.3 Å². The van der Waals surface area contributed by atoms with Crippen molar-refractivity contribution in [2.75, 3.05) is 0 Å². The van der Waals surface area contributed by atoms with Gasteiger partial charge in [-0.3, -0.25) is 9.59 Å². The zero-order valence-corrected chi connectivity index (χ0v) is 16.1. The first-order valence-corrected chi connectivity index (χ1v) is 9.56. The first-order valence-electron chi connectivity index (χ1n) is 7.32. The molecule has 0 heterocycles. The number of hydrogen-bond donors (Lipinski definition) is 2. The summed E-state index contributed by atoms with van der Waals surface area (Å²) in [6, 6.07) is 13.9. The third-order valence-electron chi connectivity index (χ3n) is 3.21. The highest BCUT2D eigenvalue weighted by molar-refractivity contribution is 7.89. The summed E-state index contributed by atoms with van der Waals surface area (Å²) >= 11 is 8.80. The van der Waals surface area contributed by atoms with Crippen molar-refractivity contribution < 1.29 is 23.1 Å². The molecule has 2 aromatic rings. The maximum absolute atomic E-state index is 12.3. The van der Waals surface area contributed by atoms with Gasteiger partial charge in [0, 0.05) is 0 Å². The molecule has 9 heteroatoms. The quantitative estimate of drug-likeness (QED) is 0.699. The van der Waals surface area contributed by atoms with Gasteiger partial charge in [-0.25, -0.2) is 8.42 Å². The van der Waals surface area contributed by atoms with Crippen molar-refractivity contribution in [2.24, 2.45) is 0 Å². The highest BCUT2D eigenvalue weighted by atomic mass is 35.5. The maximum Gasteiger partial charge on any atom is 0.322 e. The fourth-order valence-electron chi connectivity index (χ4n) is 2.00. The van der Waals surface area contributed by atoms with Gasteiger partial charge in [-0.1, -0.05) is 48.0 Å². The SMILES string of the molecule is Cc1ccc(S(=O)(=O)N[C@@H](Cc2ccccc2)C(=O)O)cc1.O=C(Cl)Cl. The number of halogens is 2. The average Bonchev–Trinajstić information content (AvgIpc) is 2.55. The van der Waals surface area contributed by atoms with E-state index < -0.39 is 26.7 Å². The second-order valence-corrected chi connectivity index (χ2v) is 7.83. The van der Waals surface area contributed by atoms with Gasteiger partial charge in [0.25, 0.3) is 0 Å². The van der Waals surface area contributed by atoms with Gasteiger partial charge in [-0.05, 0) is 54.2 Å². The van der Waals surface area contributed by atoms with E-state index in [0.717, 1.165) is 11.1 Å². The van der Waals surface area contributed by atoms with Crippen molar-refractivity contribution in [1.29, 1.82) is 0 Å². The molecule has 26 heavy (non-hydrogen) atoms. The van der Waals surface area contributed by atoms with Crippen LogP contribution in [0.1, 0.15) is 11.1 Å². The number of sulfonamides is 1. The molecular formula is C17H17Cl2NO5S. The largest absolute Gasteiger partial charge is 0.480 e. The van der Waals surface area contributed by atoms with Gasteiger partial charge in [0.05, 0.1) is 4.90 Å². The zero-order valence-electron chi connectivity index (χ0n) is 13.7. The van der Waals surface area contributed by atoms with Crippen molar-refractivity contribution in [1.82, 2.24) is 4.72 Å². The van der Waals surface area contributed by atoms with Crippen molar-refractivity contribution in [3.63, 3.8) is 0 Å². The van der Waals surface area contributed by atoms with E-state index in [1.807, 2.05) is 13.0 Å². The average molecular weight is 418 g/mol. The molecule has 0 saturated heterocycles. The molecule has 2 N–H and O–H groups in total. The lowest BCUT2D eigenvalue weighted by molar-refractivity contribution is -0.138. The molecular weight excluding hydrogens is 401 g/mol. The van der Waals surface area contributed by atoms with Crippen LogP contribution < -0.4 is 4.72 Å². The molecule has 0 spiro atoms. The second kappa shape index (κ2) is 10.3. The van der Waals surface area contributed by atoms with E-state index in [1.54, 1.807) is 36.4 Å². The number of hydrogen-bond acceptors (Lipinski definition) is 4. The van der Waals surface area contributed by atoms with Crippen molar-refractivity contribution in [3.05, 3.63) is 65.7 Å². The number of carbonyl (C=O) groups excluding carboxylic acids is 1. The number of rotatable bonds is 6. The minimum Gasteiger partial charge on any atom is -0.480 e. The summed E-state index contributed by atoms with van der Waals surface area (Å²) in [6.07, 6.45) is 0.0846. The number of aliphatic carboxylic acids is 1. The number of nitrogens with one attached hydrogen (secondary N) is 1. The monoisotopic (exact) mass is 417 g/mol. The molecule has 140 valence electrons. The zero-order chi connectivity index (χ0) is 19.7. The van der Waals surface area contributed by atoms with E-state index in [4.69, 9.17) is 4.79 Å². The number of aryl methyl sites for hydroxylation is 1. The van der Waals surface area contributed by atoms with Crippen LogP contribution in [0.25, 0.3) is 0 Å². The van der Waals surface area contributed by atoms with Gasteiger partial charge in [-0.15, -0.1) is 0 Å². The normalized spacial score (nSPS) is 11.8. The Balaban J connectivity index is 0.000000765. The Bertz CT molecular complexity index is 835. The molecule has 6 nitrogen and oxygen atoms in total. The van der Waals surface area contributed by atoms with Crippen LogP contribution in [0, 0.1) is 6.92 Å². The van der Waals surface area contributed by atoms with Gasteiger partial charge in [0.2, 0.25) is 10.0 Å². The summed E-state index contributed by atoms with van der Waals surface area (Å²) in [5, 5.41) is 9.26. The van der Waals surface area contributed by atoms with Crippen LogP contribution in [0.2, 0.25) is 0 Å². The van der Waals surface area contributed by atoms with Crippen LogP contribution in [0.3, 0.4) is 0 Å². The number of carboxylic acid groups (broad SMARTS) is 1. The lowest BCUT2D eigenvalue weighted by atomic mass is 10.1. The Morgan fingerprint density at radius 3 is 2.00 bits per heavy atom. The van der Waals surface area contributed by atoms with E-state index in [9.17, 15) is 18.3 Å². The van der Waals surface area contributed by atoms with Gasteiger partial charge in [0.15, 0.2) is 0 Å². The Hall–Kier alpha value is -1.93. The molecule has 0 aliphatic rings. The molecule has 0 unspecified atom stereocenters. The van der Waals surface area contributed by atoms with Gasteiger partial charge in [-0.2, -0.15) is 4.72 Å². The fraction of sp³-hybridized carbons (Fsp3) is 0.176. The first kappa shape index (κ1) is 22.1. The molecule has 0 saturated carbocycles. The summed E-state index contributed by atoms with van der Waals surface area (Å²) in [4.78, 5) is 20.4. The summed E-state index contributed by atoms with van der Waals surface area (Å²) in [5.41, 5.74) is 1.68. The van der Waals surface area contributed by atoms with Crippen LogP contribution in [0.4, 0.5) is 4.79 Å². The van der Waals surface area contributed by atoms with E-state index >= 15 is 0 Å². The van der Waals surface area contributed by atoms with Crippen LogP contribution in [-0.2, 0) is 21.2 Å². The molecule has 0 aromatic heterocycles. The molecule has 2 rings (SSSR count). The summed E-state index contributed by atoms with van der Waals surface area (Å²) < 4.78 is 25.9. The predicted molar refractivity (Wildman–Crippen MR) is 100 cm³/mol. The summed E-state index contributed by atoms with van der Waals surface area (Å²) in [5.74, 6) is -1.21. The molecule has 1 atom stereocenters. The van der Waals surface area contributed by atoms with E-state index in [0.29, 0.717) is 0 Å². The van der Waals surface area contributed by atoms with Crippen LogP contribution >= 0.6 is 23.2 Å². The number of carboxylic acids is 1. The Labute approximate surface area is 161 Å². The lowest BCUT2D eigenvalue weighted by Gasteiger charge is -2.15. The second-order valence-electron chi connectivity index (χ2n) is 5.24. The Morgan fingerprint density at radius 2 is 1.54 bits per heavy atom. The minimum absolute atomic E-state index is 0.0532. The van der Waals surface area contributed by atoms with Crippen LogP contribution in [0.15, 0.2) is 59.5 Å². The molecule has 0 aliphatic heterocycles. The highest BCUT2D eigenvalue weighted by Gasteiger charge is 2.25. The summed E-state index contributed by atoms with van der Waals surface area (Å²) in [6.45, 7) is 1.85. The predicted octanol–water partition coefficient (Wildman–Crippen LogP) is 3.55. The lowest BCUT2D eigenvalue weighted by Crippen LogP contribution is -2.42. The smallest absolute Gasteiger partial charge is 0.322 e. The van der Waals surface area contributed by atoms with Crippen molar-refractivity contribution in [3.8, 4) is 0 Å². The van der Waals surface area contributed by atoms with Crippen LogP contribution in [-0.4, -0.2) is 30.2 Å². The van der Waals surface area contributed by atoms with Crippen molar-refractivity contribution in [2.45, 2.75) is 24.3 Å². The Morgan fingerprint density at radius 1 is 1.04 bits per heavy atom. The first-order chi connectivity index (χ1) is 12.1. The van der Waals surface area contributed by atoms with Gasteiger partial charge < -0.3 is 5.11 Å². The standard InChI is InChI=1S/C16H17NO4S.CCl2O/c1-12-7-9-14(10-8-12)22(20,21)17-15(16(18)19)11-13-5-3-2-4-6-13;2-1(3)4/h2-10,15,17H,11H2,1H3,(H,18,19);/t15-;/m0./s1. The molecule has 0 radical (unpaired) electrons. The molecule has 0 aliphatic carbocycles. The summed E-state index contributed by atoms with van der Waals surface area (Å²) in [7, 11) is -3.87. The maximum atomic E-state index is 12.3. The minimum atomic E-state index is -3.87. The van der Waals surface area contributed by atoms with Crippen molar-refractivity contribution >= 4 is 43.9 Å². The Kier molecular flexibility index (Phi) is 8.74.